The highest BCUT2D eigenvalue weighted by molar-refractivity contribution is 7.84. The Morgan fingerprint density at radius 2 is 2.04 bits per heavy atom. The highest BCUT2D eigenvalue weighted by atomic mass is 32.2. The van der Waals surface area contributed by atoms with Crippen LogP contribution in [0, 0.1) is 11.3 Å². The monoisotopic (exact) mass is 393 g/mol. The summed E-state index contributed by atoms with van der Waals surface area (Å²) < 4.78 is 33.0. The Labute approximate surface area is 160 Å². The maximum Gasteiger partial charge on any atom is 0.380 e. The molecule has 4 rings (SSSR count). The van der Waals surface area contributed by atoms with Crippen molar-refractivity contribution in [2.75, 3.05) is 7.11 Å². The fourth-order valence-electron chi connectivity index (χ4n) is 5.71. The van der Waals surface area contributed by atoms with Crippen LogP contribution in [-0.2, 0) is 16.7 Å². The Morgan fingerprint density at radius 3 is 2.70 bits per heavy atom. The van der Waals surface area contributed by atoms with Gasteiger partial charge in [0, 0.05) is 5.41 Å². The molecule has 0 bridgehead atoms. The van der Waals surface area contributed by atoms with Crippen molar-refractivity contribution in [3.05, 3.63) is 34.9 Å². The molecule has 148 valence electrons. The van der Waals surface area contributed by atoms with E-state index in [9.17, 15) is 13.5 Å². The first-order valence-electron chi connectivity index (χ1n) is 9.60. The average Bonchev–Trinajstić information content (AvgIpc) is 2.96. The van der Waals surface area contributed by atoms with E-state index in [0.717, 1.165) is 44.1 Å². The summed E-state index contributed by atoms with van der Waals surface area (Å²) in [5.41, 5.74) is 3.68. The van der Waals surface area contributed by atoms with Crippen LogP contribution in [0.1, 0.15) is 56.1 Å². The summed E-state index contributed by atoms with van der Waals surface area (Å²) in [6.45, 7) is 2.18. The van der Waals surface area contributed by atoms with Gasteiger partial charge in [0.1, 0.15) is 0 Å². The maximum absolute atomic E-state index is 11.4. The lowest BCUT2D eigenvalue weighted by Crippen LogP contribution is -2.41. The van der Waals surface area contributed by atoms with Gasteiger partial charge in [-0.3, -0.25) is 0 Å². The zero-order valence-corrected chi connectivity index (χ0v) is 16.6. The van der Waals surface area contributed by atoms with Crippen molar-refractivity contribution in [1.82, 2.24) is 0 Å². The molecule has 4 atom stereocenters. The molecule has 6 nitrogen and oxygen atoms in total. The summed E-state index contributed by atoms with van der Waals surface area (Å²) in [6, 6.07) is 3.67. The van der Waals surface area contributed by atoms with Crippen LogP contribution in [-0.4, -0.2) is 26.7 Å². The van der Waals surface area contributed by atoms with E-state index in [1.807, 2.05) is 6.07 Å². The molecule has 3 aliphatic carbocycles. The first-order valence-corrected chi connectivity index (χ1v) is 11.1. The predicted octanol–water partition coefficient (Wildman–Crippen LogP) is 2.80. The third-order valence-electron chi connectivity index (χ3n) is 6.95. The minimum absolute atomic E-state index is 0.0561. The quantitative estimate of drug-likeness (QED) is 0.767. The van der Waals surface area contributed by atoms with Gasteiger partial charge in [0.25, 0.3) is 0 Å². The van der Waals surface area contributed by atoms with Crippen LogP contribution in [0.2, 0.25) is 0 Å². The minimum Gasteiger partial charge on any atom is -0.493 e. The molecule has 1 aromatic carbocycles. The molecule has 1 saturated carbocycles. The van der Waals surface area contributed by atoms with E-state index >= 15 is 0 Å². The molecule has 27 heavy (non-hydrogen) atoms. The highest BCUT2D eigenvalue weighted by Crippen LogP contribution is 2.60. The Balaban J connectivity index is 1.73. The summed E-state index contributed by atoms with van der Waals surface area (Å²) >= 11 is 0. The molecule has 0 aliphatic heterocycles. The summed E-state index contributed by atoms with van der Waals surface area (Å²) in [6.07, 6.45) is 7.57. The fourth-order valence-corrected chi connectivity index (χ4v) is 6.09. The van der Waals surface area contributed by atoms with E-state index in [1.165, 1.54) is 18.2 Å². The number of fused-ring (bicyclic) bond motifs is 5. The largest absolute Gasteiger partial charge is 0.493 e. The maximum atomic E-state index is 11.4. The van der Waals surface area contributed by atoms with Crippen molar-refractivity contribution in [1.29, 1.82) is 0 Å². The lowest BCUT2D eigenvalue weighted by molar-refractivity contribution is 0.0311. The number of hydrogen-bond acceptors (Lipinski definition) is 5. The topological polar surface area (TPSA) is 98.9 Å². The van der Waals surface area contributed by atoms with Gasteiger partial charge in [0.15, 0.2) is 11.5 Å². The summed E-state index contributed by atoms with van der Waals surface area (Å²) in [5.74, 6) is 1.32. The summed E-state index contributed by atoms with van der Waals surface area (Å²) in [7, 11) is -2.61. The Morgan fingerprint density at radius 1 is 1.26 bits per heavy atom. The Hall–Kier alpha value is -1.57. The second kappa shape index (κ2) is 6.50. The summed E-state index contributed by atoms with van der Waals surface area (Å²) in [4.78, 5) is 0. The number of hydrogen-bond donors (Lipinski definition) is 2. The fraction of sp³-hybridized carbons (Fsp3) is 0.600. The van der Waals surface area contributed by atoms with Gasteiger partial charge in [-0.2, -0.15) is 13.6 Å². The van der Waals surface area contributed by atoms with Crippen molar-refractivity contribution < 1.29 is 22.4 Å². The normalized spacial score (nSPS) is 32.1. The molecule has 3 N–H and O–H groups in total. The molecule has 0 spiro atoms. The Kier molecular flexibility index (Phi) is 4.52. The average molecular weight is 394 g/mol. The van der Waals surface area contributed by atoms with Gasteiger partial charge >= 0.3 is 10.3 Å². The number of nitrogens with two attached hydrogens (primary N) is 1. The van der Waals surface area contributed by atoms with Crippen LogP contribution in [0.15, 0.2) is 23.8 Å². The third-order valence-corrected chi connectivity index (χ3v) is 7.36. The molecular formula is C20H27NO5S. The Bertz CT molecular complexity index is 894. The van der Waals surface area contributed by atoms with E-state index in [4.69, 9.17) is 14.1 Å². The summed E-state index contributed by atoms with van der Waals surface area (Å²) in [5, 5.41) is 15.7. The van der Waals surface area contributed by atoms with Crippen molar-refractivity contribution in [3.8, 4) is 11.5 Å². The first-order chi connectivity index (χ1) is 12.8. The van der Waals surface area contributed by atoms with E-state index in [0.29, 0.717) is 17.6 Å². The second-order valence-electron chi connectivity index (χ2n) is 7.99. The number of aliphatic hydroxyl groups is 1. The van der Waals surface area contributed by atoms with Crippen molar-refractivity contribution in [2.45, 2.75) is 57.5 Å². The standard InChI is InChI=1S/C20H27NO5S/c1-3-20-9-8-13-14(16(20)6-7-19(20)22)5-4-12-10-18(26-27(21,23)24)17(25-2)11-15(12)13/h6,10-11,13-14,19,22H,3-5,7-9H2,1-2H3,(H2,21,23,24)/t13?,14?,19-,20+/m1/s1. The molecule has 0 heterocycles. The zero-order chi connectivity index (χ0) is 19.4. The number of aryl methyl sites for hydroxylation is 1. The molecule has 1 aromatic rings. The lowest BCUT2D eigenvalue weighted by Gasteiger charge is -2.49. The van der Waals surface area contributed by atoms with Crippen molar-refractivity contribution in [2.24, 2.45) is 16.5 Å². The van der Waals surface area contributed by atoms with Gasteiger partial charge in [-0.1, -0.05) is 18.6 Å². The van der Waals surface area contributed by atoms with Crippen molar-refractivity contribution >= 4 is 10.3 Å². The highest BCUT2D eigenvalue weighted by Gasteiger charge is 2.51. The van der Waals surface area contributed by atoms with Crippen LogP contribution >= 0.6 is 0 Å². The van der Waals surface area contributed by atoms with Crippen LogP contribution in [0.4, 0.5) is 0 Å². The van der Waals surface area contributed by atoms with Crippen LogP contribution < -0.4 is 14.1 Å². The zero-order valence-electron chi connectivity index (χ0n) is 15.8. The lowest BCUT2D eigenvalue weighted by atomic mass is 9.56. The number of methoxy groups -OCH3 is 1. The molecule has 1 fully saturated rings. The molecule has 0 saturated heterocycles. The van der Waals surface area contributed by atoms with Gasteiger partial charge in [0.05, 0.1) is 13.2 Å². The molecule has 0 amide bonds. The van der Waals surface area contributed by atoms with E-state index in [2.05, 4.69) is 13.0 Å². The molecule has 0 radical (unpaired) electrons. The van der Waals surface area contributed by atoms with Crippen molar-refractivity contribution in [3.63, 3.8) is 0 Å². The van der Waals surface area contributed by atoms with Gasteiger partial charge in [-0.25, -0.2) is 0 Å². The van der Waals surface area contributed by atoms with Crippen LogP contribution in [0.3, 0.4) is 0 Å². The minimum atomic E-state index is -4.11. The number of benzene rings is 1. The molecule has 7 heteroatoms. The number of ether oxygens (including phenoxy) is 1. The van der Waals surface area contributed by atoms with E-state index in [1.54, 1.807) is 6.07 Å². The van der Waals surface area contributed by atoms with Gasteiger partial charge < -0.3 is 14.0 Å². The molecule has 3 aliphatic rings. The first kappa shape index (κ1) is 18.8. The second-order valence-corrected chi connectivity index (χ2v) is 9.14. The van der Waals surface area contributed by atoms with Crippen LogP contribution in [0.5, 0.6) is 11.5 Å². The smallest absolute Gasteiger partial charge is 0.380 e. The van der Waals surface area contributed by atoms with Crippen LogP contribution in [0.25, 0.3) is 0 Å². The number of aliphatic hydroxyl groups excluding tert-OH is 1. The predicted molar refractivity (Wildman–Crippen MR) is 102 cm³/mol. The molecular weight excluding hydrogens is 366 g/mol. The molecule has 2 unspecified atom stereocenters. The third kappa shape index (κ3) is 2.96. The number of rotatable bonds is 4. The van der Waals surface area contributed by atoms with Gasteiger partial charge in [-0.15, -0.1) is 0 Å². The van der Waals surface area contributed by atoms with E-state index < -0.39 is 10.3 Å². The SMILES string of the molecule is CC[C@]12CCC3c4cc(OC)c(OS(N)(=O)=O)cc4CCC3C1=CC[C@H]2O. The molecule has 0 aromatic heterocycles. The van der Waals surface area contributed by atoms with Gasteiger partial charge in [0.2, 0.25) is 0 Å². The van der Waals surface area contributed by atoms with Gasteiger partial charge in [-0.05, 0) is 73.6 Å². The van der Waals surface area contributed by atoms with E-state index in [-0.39, 0.29) is 17.3 Å².